The van der Waals surface area contributed by atoms with Crippen molar-refractivity contribution in [3.8, 4) is 5.75 Å². The molecule has 2 heteroatoms. The molecule has 2 nitrogen and oxygen atoms in total. The molecule has 1 saturated carbocycles. The summed E-state index contributed by atoms with van der Waals surface area (Å²) in [5.41, 5.74) is 1.25. The average Bonchev–Trinajstić information content (AvgIpc) is 2.92. The SMILES string of the molecule is COc1ccccc1C(C)N[C@H](C)C1CCCC1. The van der Waals surface area contributed by atoms with E-state index < -0.39 is 0 Å². The minimum Gasteiger partial charge on any atom is -0.496 e. The second-order valence-electron chi connectivity index (χ2n) is 5.46. The highest BCUT2D eigenvalue weighted by Gasteiger charge is 2.23. The molecule has 1 aromatic carbocycles. The Morgan fingerprint density at radius 3 is 2.50 bits per heavy atom. The second kappa shape index (κ2) is 6.24. The van der Waals surface area contributed by atoms with E-state index in [1.807, 2.05) is 12.1 Å². The molecule has 100 valence electrons. The van der Waals surface area contributed by atoms with E-state index in [1.165, 1.54) is 31.2 Å². The van der Waals surface area contributed by atoms with Crippen molar-refractivity contribution in [3.05, 3.63) is 29.8 Å². The van der Waals surface area contributed by atoms with Crippen molar-refractivity contribution in [1.29, 1.82) is 0 Å². The molecular formula is C16H25NO. The van der Waals surface area contributed by atoms with Gasteiger partial charge in [-0.05, 0) is 38.7 Å². The molecule has 1 aromatic rings. The molecule has 18 heavy (non-hydrogen) atoms. The standard InChI is InChI=1S/C16H25NO/c1-12(14-8-4-5-9-14)17-13(2)15-10-6-7-11-16(15)18-3/h6-7,10-14,17H,4-5,8-9H2,1-3H3/t12-,13?/m1/s1. The molecule has 2 atom stereocenters. The van der Waals surface area contributed by atoms with E-state index in [4.69, 9.17) is 4.74 Å². The maximum Gasteiger partial charge on any atom is 0.123 e. The Morgan fingerprint density at radius 1 is 1.17 bits per heavy atom. The first-order valence-corrected chi connectivity index (χ1v) is 7.11. The van der Waals surface area contributed by atoms with Crippen LogP contribution in [0.4, 0.5) is 0 Å². The third-order valence-electron chi connectivity index (χ3n) is 4.23. The maximum atomic E-state index is 5.43. The molecule has 1 aliphatic carbocycles. The molecular weight excluding hydrogens is 222 g/mol. The van der Waals surface area contributed by atoms with E-state index in [2.05, 4.69) is 31.3 Å². The normalized spacial score (nSPS) is 19.7. The Balaban J connectivity index is 1.99. The first kappa shape index (κ1) is 13.4. The fraction of sp³-hybridized carbons (Fsp3) is 0.625. The van der Waals surface area contributed by atoms with Crippen molar-refractivity contribution in [2.24, 2.45) is 5.92 Å². The number of rotatable bonds is 5. The van der Waals surface area contributed by atoms with Crippen LogP contribution in [0, 0.1) is 5.92 Å². The summed E-state index contributed by atoms with van der Waals surface area (Å²) in [6.45, 7) is 4.55. The smallest absolute Gasteiger partial charge is 0.123 e. The van der Waals surface area contributed by atoms with E-state index in [-0.39, 0.29) is 0 Å². The molecule has 1 unspecified atom stereocenters. The fourth-order valence-electron chi connectivity index (χ4n) is 3.10. The number of hydrogen-bond donors (Lipinski definition) is 1. The largest absolute Gasteiger partial charge is 0.496 e. The van der Waals surface area contributed by atoms with Gasteiger partial charge in [-0.15, -0.1) is 0 Å². The molecule has 0 radical (unpaired) electrons. The monoisotopic (exact) mass is 247 g/mol. The molecule has 0 aliphatic heterocycles. The van der Waals surface area contributed by atoms with Crippen LogP contribution in [0.2, 0.25) is 0 Å². The Hall–Kier alpha value is -1.02. The van der Waals surface area contributed by atoms with Crippen LogP contribution in [-0.4, -0.2) is 13.2 Å². The van der Waals surface area contributed by atoms with Crippen LogP contribution < -0.4 is 10.1 Å². The molecule has 1 aliphatic rings. The van der Waals surface area contributed by atoms with Crippen molar-refractivity contribution in [2.45, 2.75) is 51.6 Å². The molecule has 0 spiro atoms. The van der Waals surface area contributed by atoms with Gasteiger partial charge in [0.25, 0.3) is 0 Å². The average molecular weight is 247 g/mol. The minimum absolute atomic E-state index is 0.344. The van der Waals surface area contributed by atoms with E-state index in [0.29, 0.717) is 12.1 Å². The Kier molecular flexibility index (Phi) is 4.65. The number of ether oxygens (including phenoxy) is 1. The third kappa shape index (κ3) is 3.05. The zero-order valence-corrected chi connectivity index (χ0v) is 11.8. The summed E-state index contributed by atoms with van der Waals surface area (Å²) in [7, 11) is 1.74. The summed E-state index contributed by atoms with van der Waals surface area (Å²) in [6.07, 6.45) is 5.57. The van der Waals surface area contributed by atoms with Gasteiger partial charge < -0.3 is 10.1 Å². The van der Waals surface area contributed by atoms with Gasteiger partial charge in [0.2, 0.25) is 0 Å². The van der Waals surface area contributed by atoms with E-state index in [9.17, 15) is 0 Å². The summed E-state index contributed by atoms with van der Waals surface area (Å²) < 4.78 is 5.43. The highest BCUT2D eigenvalue weighted by Crippen LogP contribution is 2.30. The van der Waals surface area contributed by atoms with Gasteiger partial charge in [0.1, 0.15) is 5.75 Å². The van der Waals surface area contributed by atoms with Gasteiger partial charge in [-0.25, -0.2) is 0 Å². The molecule has 1 N–H and O–H groups in total. The molecule has 2 rings (SSSR count). The zero-order valence-electron chi connectivity index (χ0n) is 11.8. The van der Waals surface area contributed by atoms with E-state index in [1.54, 1.807) is 7.11 Å². The van der Waals surface area contributed by atoms with Crippen molar-refractivity contribution in [2.75, 3.05) is 7.11 Å². The Morgan fingerprint density at radius 2 is 1.83 bits per heavy atom. The van der Waals surface area contributed by atoms with Gasteiger partial charge in [0.15, 0.2) is 0 Å². The number of methoxy groups -OCH3 is 1. The highest BCUT2D eigenvalue weighted by atomic mass is 16.5. The van der Waals surface area contributed by atoms with Crippen molar-refractivity contribution in [1.82, 2.24) is 5.32 Å². The number of hydrogen-bond acceptors (Lipinski definition) is 2. The summed E-state index contributed by atoms with van der Waals surface area (Å²) in [5, 5.41) is 3.73. The first-order valence-electron chi connectivity index (χ1n) is 7.11. The van der Waals surface area contributed by atoms with Crippen molar-refractivity contribution < 1.29 is 4.74 Å². The summed E-state index contributed by atoms with van der Waals surface area (Å²) in [6, 6.07) is 9.22. The summed E-state index contributed by atoms with van der Waals surface area (Å²) in [5.74, 6) is 1.83. The van der Waals surface area contributed by atoms with Gasteiger partial charge >= 0.3 is 0 Å². The van der Waals surface area contributed by atoms with Crippen molar-refractivity contribution >= 4 is 0 Å². The van der Waals surface area contributed by atoms with Crippen molar-refractivity contribution in [3.63, 3.8) is 0 Å². The molecule has 1 fully saturated rings. The van der Waals surface area contributed by atoms with E-state index >= 15 is 0 Å². The lowest BCUT2D eigenvalue weighted by molar-refractivity contribution is 0.344. The van der Waals surface area contributed by atoms with Gasteiger partial charge in [-0.3, -0.25) is 0 Å². The van der Waals surface area contributed by atoms with Crippen LogP contribution in [0.15, 0.2) is 24.3 Å². The van der Waals surface area contributed by atoms with Gasteiger partial charge in [0.05, 0.1) is 7.11 Å². The van der Waals surface area contributed by atoms with Crippen LogP contribution in [-0.2, 0) is 0 Å². The van der Waals surface area contributed by atoms with Crippen LogP contribution >= 0.6 is 0 Å². The van der Waals surface area contributed by atoms with E-state index in [0.717, 1.165) is 11.7 Å². The third-order valence-corrected chi connectivity index (χ3v) is 4.23. The number of para-hydroxylation sites is 1. The highest BCUT2D eigenvalue weighted by molar-refractivity contribution is 5.35. The number of nitrogens with one attached hydrogen (secondary N) is 1. The Labute approximate surface area is 111 Å². The molecule has 0 bridgehead atoms. The lowest BCUT2D eigenvalue weighted by atomic mass is 9.97. The minimum atomic E-state index is 0.344. The quantitative estimate of drug-likeness (QED) is 0.851. The predicted molar refractivity (Wildman–Crippen MR) is 76.0 cm³/mol. The summed E-state index contributed by atoms with van der Waals surface area (Å²) in [4.78, 5) is 0. The topological polar surface area (TPSA) is 21.3 Å². The molecule has 0 aromatic heterocycles. The first-order chi connectivity index (χ1) is 8.72. The van der Waals surface area contributed by atoms with Gasteiger partial charge in [0, 0.05) is 17.6 Å². The van der Waals surface area contributed by atoms with Crippen LogP contribution in [0.1, 0.15) is 51.1 Å². The number of benzene rings is 1. The van der Waals surface area contributed by atoms with Gasteiger partial charge in [-0.1, -0.05) is 31.0 Å². The summed E-state index contributed by atoms with van der Waals surface area (Å²) >= 11 is 0. The van der Waals surface area contributed by atoms with Crippen LogP contribution in [0.5, 0.6) is 5.75 Å². The van der Waals surface area contributed by atoms with Crippen LogP contribution in [0.25, 0.3) is 0 Å². The second-order valence-corrected chi connectivity index (χ2v) is 5.46. The van der Waals surface area contributed by atoms with Crippen LogP contribution in [0.3, 0.4) is 0 Å². The fourth-order valence-corrected chi connectivity index (χ4v) is 3.10. The van der Waals surface area contributed by atoms with Gasteiger partial charge in [-0.2, -0.15) is 0 Å². The molecule has 0 heterocycles. The predicted octanol–water partition coefficient (Wildman–Crippen LogP) is 3.92. The molecule has 0 saturated heterocycles. The maximum absolute atomic E-state index is 5.43. The lowest BCUT2D eigenvalue weighted by Crippen LogP contribution is -2.34. The zero-order chi connectivity index (χ0) is 13.0. The Bertz CT molecular complexity index is 371. The lowest BCUT2D eigenvalue weighted by Gasteiger charge is -2.26. The molecule has 0 amide bonds.